The lowest BCUT2D eigenvalue weighted by atomic mass is 10.2. The fraction of sp³-hybridized carbons (Fsp3) is 0.417. The van der Waals surface area contributed by atoms with Gasteiger partial charge in [-0.2, -0.15) is 0 Å². The summed E-state index contributed by atoms with van der Waals surface area (Å²) in [4.78, 5) is 2.16. The molecule has 5 heteroatoms. The van der Waals surface area contributed by atoms with Crippen molar-refractivity contribution in [3.05, 3.63) is 35.6 Å². The smallest absolute Gasteiger partial charge is 0.127 e. The fourth-order valence-corrected chi connectivity index (χ4v) is 1.88. The molecule has 1 heterocycles. The molecule has 2 rings (SSSR count). The Hall–Kier alpha value is -1.46. The highest BCUT2D eigenvalue weighted by molar-refractivity contribution is 5.82. The van der Waals surface area contributed by atoms with Crippen molar-refractivity contribution < 1.29 is 9.13 Å². The quantitative estimate of drug-likeness (QED) is 0.608. The van der Waals surface area contributed by atoms with E-state index in [1.807, 2.05) is 0 Å². The van der Waals surface area contributed by atoms with E-state index in [4.69, 9.17) is 15.9 Å². The maximum Gasteiger partial charge on any atom is 0.127 e. The van der Waals surface area contributed by atoms with Crippen LogP contribution in [0.25, 0.3) is 0 Å². The van der Waals surface area contributed by atoms with Crippen LogP contribution in [0.3, 0.4) is 0 Å². The molecule has 1 saturated heterocycles. The third-order valence-corrected chi connectivity index (χ3v) is 2.82. The highest BCUT2D eigenvalue weighted by Crippen LogP contribution is 2.11. The van der Waals surface area contributed by atoms with Gasteiger partial charge in [0.15, 0.2) is 0 Å². The van der Waals surface area contributed by atoms with E-state index in [1.54, 1.807) is 12.1 Å². The van der Waals surface area contributed by atoms with Gasteiger partial charge in [0.05, 0.1) is 6.61 Å². The molecule has 1 aromatic rings. The van der Waals surface area contributed by atoms with Gasteiger partial charge in [-0.25, -0.2) is 4.39 Å². The van der Waals surface area contributed by atoms with Gasteiger partial charge in [0.25, 0.3) is 0 Å². The molecule has 0 saturated carbocycles. The average Bonchev–Trinajstić information content (AvgIpc) is 2.32. The Morgan fingerprint density at radius 3 is 2.82 bits per heavy atom. The summed E-state index contributed by atoms with van der Waals surface area (Å²) in [6, 6.07) is 6.46. The van der Waals surface area contributed by atoms with Crippen LogP contribution in [0.1, 0.15) is 5.56 Å². The number of nitrogens with one attached hydrogen (secondary N) is 1. The van der Waals surface area contributed by atoms with Crippen molar-refractivity contribution in [3.63, 3.8) is 0 Å². The zero-order chi connectivity index (χ0) is 12.3. The maximum absolute atomic E-state index is 12.8. The number of halogens is 1. The van der Waals surface area contributed by atoms with E-state index in [0.717, 1.165) is 18.7 Å². The molecule has 1 fully saturated rings. The second-order valence-electron chi connectivity index (χ2n) is 4.18. The van der Waals surface area contributed by atoms with Crippen LogP contribution in [-0.4, -0.2) is 36.5 Å². The minimum atomic E-state index is -0.316. The SMILES string of the molecule is N=C(N)C1CN(Cc2ccc(F)cc2)CCO1. The zero-order valence-corrected chi connectivity index (χ0v) is 9.53. The molecule has 17 heavy (non-hydrogen) atoms. The van der Waals surface area contributed by atoms with Gasteiger partial charge in [-0.15, -0.1) is 0 Å². The first-order valence-electron chi connectivity index (χ1n) is 5.57. The molecule has 0 aliphatic carbocycles. The summed E-state index contributed by atoms with van der Waals surface area (Å²) in [5.74, 6) is -0.161. The Labute approximate surface area is 99.7 Å². The first-order chi connectivity index (χ1) is 8.15. The number of hydrogen-bond acceptors (Lipinski definition) is 3. The summed E-state index contributed by atoms with van der Waals surface area (Å²) in [5, 5.41) is 7.36. The summed E-state index contributed by atoms with van der Waals surface area (Å²) in [5.41, 5.74) is 6.48. The van der Waals surface area contributed by atoms with Crippen molar-refractivity contribution >= 4 is 5.84 Å². The lowest BCUT2D eigenvalue weighted by molar-refractivity contribution is 0.00235. The standard InChI is InChI=1S/C12H16FN3O/c13-10-3-1-9(2-4-10)7-16-5-6-17-11(8-16)12(14)15/h1-4,11H,5-8H2,(H3,14,15). The lowest BCUT2D eigenvalue weighted by Gasteiger charge is -2.32. The molecular formula is C12H16FN3O. The number of rotatable bonds is 3. The molecule has 0 spiro atoms. The van der Waals surface area contributed by atoms with Crippen LogP contribution in [0.4, 0.5) is 4.39 Å². The van der Waals surface area contributed by atoms with Gasteiger partial charge in [-0.05, 0) is 17.7 Å². The van der Waals surface area contributed by atoms with Crippen molar-refractivity contribution in [2.45, 2.75) is 12.6 Å². The Morgan fingerprint density at radius 2 is 2.18 bits per heavy atom. The predicted molar refractivity (Wildman–Crippen MR) is 63.3 cm³/mol. The van der Waals surface area contributed by atoms with Gasteiger partial charge in [0, 0.05) is 19.6 Å². The molecule has 1 aromatic carbocycles. The third kappa shape index (κ3) is 3.25. The topological polar surface area (TPSA) is 62.3 Å². The molecule has 0 amide bonds. The van der Waals surface area contributed by atoms with Crippen LogP contribution in [-0.2, 0) is 11.3 Å². The minimum Gasteiger partial charge on any atom is -0.385 e. The lowest BCUT2D eigenvalue weighted by Crippen LogP contribution is -2.47. The first-order valence-corrected chi connectivity index (χ1v) is 5.57. The van der Waals surface area contributed by atoms with Crippen LogP contribution in [0, 0.1) is 11.2 Å². The van der Waals surface area contributed by atoms with Crippen LogP contribution in [0.5, 0.6) is 0 Å². The van der Waals surface area contributed by atoms with Gasteiger partial charge in [0.2, 0.25) is 0 Å². The van der Waals surface area contributed by atoms with E-state index in [2.05, 4.69) is 4.90 Å². The molecule has 1 atom stereocenters. The van der Waals surface area contributed by atoms with Gasteiger partial charge in [-0.1, -0.05) is 12.1 Å². The number of hydrogen-bond donors (Lipinski definition) is 2. The molecule has 4 nitrogen and oxygen atoms in total. The fourth-order valence-electron chi connectivity index (χ4n) is 1.88. The van der Waals surface area contributed by atoms with Gasteiger partial charge in [0.1, 0.15) is 17.8 Å². The highest BCUT2D eigenvalue weighted by Gasteiger charge is 2.22. The third-order valence-electron chi connectivity index (χ3n) is 2.82. The van der Waals surface area contributed by atoms with E-state index in [0.29, 0.717) is 13.2 Å². The van der Waals surface area contributed by atoms with E-state index >= 15 is 0 Å². The summed E-state index contributed by atoms with van der Waals surface area (Å²) >= 11 is 0. The second kappa shape index (κ2) is 5.25. The van der Waals surface area contributed by atoms with Crippen molar-refractivity contribution in [1.29, 1.82) is 5.41 Å². The Balaban J connectivity index is 1.94. The Kier molecular flexibility index (Phi) is 3.71. The van der Waals surface area contributed by atoms with Gasteiger partial charge < -0.3 is 10.5 Å². The van der Waals surface area contributed by atoms with Crippen molar-refractivity contribution in [2.24, 2.45) is 5.73 Å². The molecule has 1 aliphatic rings. The second-order valence-corrected chi connectivity index (χ2v) is 4.18. The molecule has 1 aliphatic heterocycles. The zero-order valence-electron chi connectivity index (χ0n) is 9.53. The van der Waals surface area contributed by atoms with Crippen molar-refractivity contribution in [1.82, 2.24) is 4.90 Å². The number of benzene rings is 1. The van der Waals surface area contributed by atoms with E-state index in [1.165, 1.54) is 12.1 Å². The number of nitrogens with zero attached hydrogens (tertiary/aromatic N) is 1. The van der Waals surface area contributed by atoms with Crippen LogP contribution < -0.4 is 5.73 Å². The molecule has 0 radical (unpaired) electrons. The van der Waals surface area contributed by atoms with Crippen LogP contribution in [0.15, 0.2) is 24.3 Å². The van der Waals surface area contributed by atoms with Crippen LogP contribution in [0.2, 0.25) is 0 Å². The Morgan fingerprint density at radius 1 is 1.47 bits per heavy atom. The average molecular weight is 237 g/mol. The van der Waals surface area contributed by atoms with E-state index in [-0.39, 0.29) is 17.8 Å². The Bertz CT molecular complexity index is 393. The monoisotopic (exact) mass is 237 g/mol. The summed E-state index contributed by atoms with van der Waals surface area (Å²) in [6.45, 7) is 2.73. The number of ether oxygens (including phenoxy) is 1. The van der Waals surface area contributed by atoms with E-state index < -0.39 is 0 Å². The molecular weight excluding hydrogens is 221 g/mol. The summed E-state index contributed by atoms with van der Waals surface area (Å²) in [6.07, 6.45) is -0.316. The molecule has 92 valence electrons. The number of nitrogens with two attached hydrogens (primary N) is 1. The number of amidine groups is 1. The maximum atomic E-state index is 12.8. The largest absolute Gasteiger partial charge is 0.385 e. The summed E-state index contributed by atoms with van der Waals surface area (Å²) < 4.78 is 18.1. The molecule has 1 unspecified atom stereocenters. The molecule has 3 N–H and O–H groups in total. The molecule has 0 aromatic heterocycles. The molecule has 0 bridgehead atoms. The van der Waals surface area contributed by atoms with Crippen molar-refractivity contribution in [3.8, 4) is 0 Å². The minimum absolute atomic E-state index is 0.0637. The van der Waals surface area contributed by atoms with Gasteiger partial charge in [-0.3, -0.25) is 10.3 Å². The van der Waals surface area contributed by atoms with E-state index in [9.17, 15) is 4.39 Å². The predicted octanol–water partition coefficient (Wildman–Crippen LogP) is 0.962. The normalized spacial score (nSPS) is 21.4. The highest BCUT2D eigenvalue weighted by atomic mass is 19.1. The number of morpholine rings is 1. The van der Waals surface area contributed by atoms with Gasteiger partial charge >= 0.3 is 0 Å². The summed E-state index contributed by atoms with van der Waals surface area (Å²) in [7, 11) is 0. The van der Waals surface area contributed by atoms with Crippen molar-refractivity contribution in [2.75, 3.05) is 19.7 Å². The first kappa shape index (κ1) is 12.0. The van der Waals surface area contributed by atoms with Crippen LogP contribution >= 0.6 is 0 Å².